The van der Waals surface area contributed by atoms with Crippen LogP contribution < -0.4 is 5.73 Å². The normalized spacial score (nSPS) is 15.7. The van der Waals surface area contributed by atoms with Crippen molar-refractivity contribution >= 4 is 16.5 Å². The van der Waals surface area contributed by atoms with E-state index in [0.29, 0.717) is 60.3 Å². The quantitative estimate of drug-likeness (QED) is 0.184. The first-order chi connectivity index (χ1) is 19.9. The Morgan fingerprint density at radius 1 is 1.10 bits per heavy atom. The van der Waals surface area contributed by atoms with Crippen LogP contribution in [-0.2, 0) is 12.8 Å². The largest absolute Gasteiger partial charge is 0.508 e. The maximum atomic E-state index is 15.7. The van der Waals surface area contributed by atoms with E-state index in [1.54, 1.807) is 24.3 Å². The van der Waals surface area contributed by atoms with Crippen molar-refractivity contribution in [3.8, 4) is 28.4 Å². The average Bonchev–Trinajstić information content (AvgIpc) is 3.66. The molecular weight excluding hydrogens is 519 g/mol. The molecule has 0 bridgehead atoms. The standard InChI is InChI=1S/C32H33FN6O2/c1-2-20-17-22(40)8-9-23(20)24-10-11-25-29(28(24)33)37-38-30(25)31-35-18-27(36-31)21-12-14-39(15-13-21)32(41)26(34)16-19-6-4-3-5-7-19/h3-12,17-18,26,32,40-41H,2,13-16,34H2,1H3,(H,35,36)(H,37,38)/t26-,32?/m0/s1. The number of phenols is 1. The highest BCUT2D eigenvalue weighted by Gasteiger charge is 2.26. The number of hydrogen-bond acceptors (Lipinski definition) is 6. The van der Waals surface area contributed by atoms with Gasteiger partial charge < -0.3 is 20.9 Å². The molecule has 210 valence electrons. The van der Waals surface area contributed by atoms with Crippen molar-refractivity contribution in [2.45, 2.75) is 38.5 Å². The number of fused-ring (bicyclic) bond motifs is 1. The molecule has 0 saturated heterocycles. The number of rotatable bonds is 8. The number of hydrogen-bond donors (Lipinski definition) is 5. The lowest BCUT2D eigenvalue weighted by Crippen LogP contribution is -2.50. The molecule has 0 aliphatic carbocycles. The number of phenolic OH excluding ortho intramolecular Hbond substituents is 1. The van der Waals surface area contributed by atoms with E-state index in [2.05, 4.69) is 21.3 Å². The summed E-state index contributed by atoms with van der Waals surface area (Å²) in [6.07, 6.45) is 5.14. The molecule has 3 heterocycles. The van der Waals surface area contributed by atoms with Gasteiger partial charge in [-0.15, -0.1) is 0 Å². The Labute approximate surface area is 237 Å². The van der Waals surface area contributed by atoms with E-state index in [9.17, 15) is 10.2 Å². The Morgan fingerprint density at radius 2 is 1.90 bits per heavy atom. The molecule has 1 unspecified atom stereocenters. The molecule has 5 aromatic rings. The van der Waals surface area contributed by atoms with Crippen LogP contribution >= 0.6 is 0 Å². The van der Waals surface area contributed by atoms with Gasteiger partial charge in [0.25, 0.3) is 0 Å². The van der Waals surface area contributed by atoms with Crippen molar-refractivity contribution in [2.24, 2.45) is 5.73 Å². The number of aryl methyl sites for hydroxylation is 1. The molecule has 6 rings (SSSR count). The van der Waals surface area contributed by atoms with Crippen LogP contribution in [0.5, 0.6) is 5.75 Å². The number of aromatic amines is 2. The number of aromatic hydroxyl groups is 1. The zero-order chi connectivity index (χ0) is 28.5. The molecular formula is C32H33FN6O2. The molecule has 8 nitrogen and oxygen atoms in total. The summed E-state index contributed by atoms with van der Waals surface area (Å²) in [6.45, 7) is 3.20. The Kier molecular flexibility index (Phi) is 7.40. The minimum absolute atomic E-state index is 0.160. The highest BCUT2D eigenvalue weighted by molar-refractivity contribution is 5.95. The second kappa shape index (κ2) is 11.3. The number of benzene rings is 3. The molecule has 2 aromatic heterocycles. The number of aromatic nitrogens is 4. The molecule has 41 heavy (non-hydrogen) atoms. The number of aliphatic hydroxyl groups excluding tert-OH is 1. The maximum Gasteiger partial charge on any atom is 0.159 e. The highest BCUT2D eigenvalue weighted by atomic mass is 19.1. The van der Waals surface area contributed by atoms with Crippen LogP contribution in [-0.4, -0.2) is 60.6 Å². The molecule has 2 atom stereocenters. The number of imidazole rings is 1. The highest BCUT2D eigenvalue weighted by Crippen LogP contribution is 2.35. The van der Waals surface area contributed by atoms with Gasteiger partial charge in [0.15, 0.2) is 11.6 Å². The Hall–Kier alpha value is -4.31. The van der Waals surface area contributed by atoms with Crippen molar-refractivity contribution in [3.63, 3.8) is 0 Å². The third-order valence-corrected chi connectivity index (χ3v) is 7.88. The van der Waals surface area contributed by atoms with Gasteiger partial charge in [-0.05, 0) is 59.7 Å². The summed E-state index contributed by atoms with van der Waals surface area (Å²) >= 11 is 0. The summed E-state index contributed by atoms with van der Waals surface area (Å²) < 4.78 is 15.7. The Balaban J connectivity index is 1.19. The molecule has 0 fully saturated rings. The molecule has 1 aliphatic rings. The van der Waals surface area contributed by atoms with Crippen LogP contribution in [0.2, 0.25) is 0 Å². The van der Waals surface area contributed by atoms with E-state index in [0.717, 1.165) is 28.0 Å². The van der Waals surface area contributed by atoms with Gasteiger partial charge in [0.05, 0.1) is 5.69 Å². The fourth-order valence-electron chi connectivity index (χ4n) is 5.61. The van der Waals surface area contributed by atoms with E-state index in [1.807, 2.05) is 54.4 Å². The van der Waals surface area contributed by atoms with Crippen LogP contribution in [0.3, 0.4) is 0 Å². The topological polar surface area (TPSA) is 127 Å². The first kappa shape index (κ1) is 26.9. The third kappa shape index (κ3) is 5.27. The first-order valence-electron chi connectivity index (χ1n) is 13.9. The molecule has 9 heteroatoms. The maximum absolute atomic E-state index is 15.7. The van der Waals surface area contributed by atoms with Crippen LogP contribution in [0.25, 0.3) is 39.1 Å². The molecule has 1 aliphatic heterocycles. The monoisotopic (exact) mass is 552 g/mol. The van der Waals surface area contributed by atoms with E-state index < -0.39 is 12.0 Å². The van der Waals surface area contributed by atoms with Crippen LogP contribution in [0.4, 0.5) is 4.39 Å². The van der Waals surface area contributed by atoms with Crippen molar-refractivity contribution in [3.05, 3.63) is 95.6 Å². The average molecular weight is 553 g/mol. The van der Waals surface area contributed by atoms with E-state index >= 15 is 4.39 Å². The summed E-state index contributed by atoms with van der Waals surface area (Å²) in [4.78, 5) is 9.95. The summed E-state index contributed by atoms with van der Waals surface area (Å²) in [7, 11) is 0. The molecule has 3 aromatic carbocycles. The van der Waals surface area contributed by atoms with Gasteiger partial charge >= 0.3 is 0 Å². The van der Waals surface area contributed by atoms with Gasteiger partial charge in [-0.1, -0.05) is 55.5 Å². The molecule has 0 saturated carbocycles. The van der Waals surface area contributed by atoms with Crippen LogP contribution in [0, 0.1) is 5.82 Å². The molecule has 0 spiro atoms. The number of nitrogens with two attached hydrogens (primary N) is 1. The van der Waals surface area contributed by atoms with Gasteiger partial charge in [0.2, 0.25) is 0 Å². The van der Waals surface area contributed by atoms with Crippen molar-refractivity contribution in [1.82, 2.24) is 25.1 Å². The number of halogens is 1. The second-order valence-electron chi connectivity index (χ2n) is 10.5. The lowest BCUT2D eigenvalue weighted by molar-refractivity contribution is -0.00834. The summed E-state index contributed by atoms with van der Waals surface area (Å²) in [5.74, 6) is 0.311. The minimum atomic E-state index is -0.743. The van der Waals surface area contributed by atoms with Crippen LogP contribution in [0.1, 0.15) is 30.2 Å². The van der Waals surface area contributed by atoms with E-state index in [4.69, 9.17) is 10.7 Å². The summed E-state index contributed by atoms with van der Waals surface area (Å²) in [5.41, 5.74) is 12.2. The first-order valence-corrected chi connectivity index (χ1v) is 13.9. The molecule has 0 radical (unpaired) electrons. The van der Waals surface area contributed by atoms with Gasteiger partial charge in [0, 0.05) is 36.3 Å². The fraction of sp³-hybridized carbons (Fsp3) is 0.250. The number of aliphatic hydroxyl groups is 1. The summed E-state index contributed by atoms with van der Waals surface area (Å²) in [6, 6.07) is 18.1. The predicted molar refractivity (Wildman–Crippen MR) is 158 cm³/mol. The van der Waals surface area contributed by atoms with Crippen LogP contribution in [0.15, 0.2) is 72.9 Å². The summed E-state index contributed by atoms with van der Waals surface area (Å²) in [5, 5.41) is 28.6. The smallest absolute Gasteiger partial charge is 0.159 e. The zero-order valence-electron chi connectivity index (χ0n) is 22.8. The SMILES string of the molecule is CCc1cc(O)ccc1-c1ccc2c(-c3nc(C4=CCN(C(O)[C@@H](N)Cc5ccccc5)CC4)c[nH]3)n[nH]c2c1F. The fourth-order valence-corrected chi connectivity index (χ4v) is 5.61. The molecule has 0 amide bonds. The van der Waals surface area contributed by atoms with Gasteiger partial charge in [0.1, 0.15) is 23.2 Å². The van der Waals surface area contributed by atoms with Gasteiger partial charge in [-0.3, -0.25) is 10.00 Å². The van der Waals surface area contributed by atoms with Crippen molar-refractivity contribution in [1.29, 1.82) is 0 Å². The van der Waals surface area contributed by atoms with Crippen molar-refractivity contribution < 1.29 is 14.6 Å². The second-order valence-corrected chi connectivity index (χ2v) is 10.5. The third-order valence-electron chi connectivity index (χ3n) is 7.88. The Morgan fingerprint density at radius 3 is 2.66 bits per heavy atom. The lowest BCUT2D eigenvalue weighted by Gasteiger charge is -2.33. The predicted octanol–water partition coefficient (Wildman–Crippen LogP) is 5.00. The van der Waals surface area contributed by atoms with E-state index in [1.165, 1.54) is 0 Å². The Bertz CT molecular complexity index is 1710. The number of H-pyrrole nitrogens is 2. The number of nitrogens with zero attached hydrogens (tertiary/aromatic N) is 3. The van der Waals surface area contributed by atoms with E-state index in [-0.39, 0.29) is 11.8 Å². The van der Waals surface area contributed by atoms with Gasteiger partial charge in [-0.2, -0.15) is 5.10 Å². The molecule has 6 N–H and O–H groups in total. The van der Waals surface area contributed by atoms with Gasteiger partial charge in [-0.25, -0.2) is 9.37 Å². The minimum Gasteiger partial charge on any atom is -0.508 e. The number of nitrogens with one attached hydrogen (secondary N) is 2. The lowest BCUT2D eigenvalue weighted by atomic mass is 9.96. The zero-order valence-corrected chi connectivity index (χ0v) is 22.8. The van der Waals surface area contributed by atoms with Crippen molar-refractivity contribution in [2.75, 3.05) is 13.1 Å².